The molecular formula is C18H24I3N3O8. The lowest BCUT2D eigenvalue weighted by Crippen LogP contribution is -2.42. The number of aliphatic hydroxyl groups is 5. The van der Waals surface area contributed by atoms with E-state index >= 15 is 0 Å². The van der Waals surface area contributed by atoms with Crippen LogP contribution >= 0.6 is 67.8 Å². The summed E-state index contributed by atoms with van der Waals surface area (Å²) in [6.45, 7) is -1.14. The summed E-state index contributed by atoms with van der Waals surface area (Å²) in [6, 6.07) is 0. The van der Waals surface area contributed by atoms with E-state index in [9.17, 15) is 34.8 Å². The van der Waals surface area contributed by atoms with Crippen molar-refractivity contribution in [2.24, 2.45) is 5.73 Å². The van der Waals surface area contributed by atoms with Crippen LogP contribution in [0.5, 0.6) is 0 Å². The fourth-order valence-electron chi connectivity index (χ4n) is 2.80. The minimum absolute atomic E-state index is 0.0126. The van der Waals surface area contributed by atoms with Crippen molar-refractivity contribution in [2.45, 2.75) is 19.1 Å². The summed E-state index contributed by atoms with van der Waals surface area (Å²) in [6.07, 6.45) is -2.53. The van der Waals surface area contributed by atoms with Crippen molar-refractivity contribution in [3.63, 3.8) is 0 Å². The monoisotopic (exact) mass is 791 g/mol. The van der Waals surface area contributed by atoms with Gasteiger partial charge in [-0.25, -0.2) is 0 Å². The van der Waals surface area contributed by atoms with Gasteiger partial charge in [0.1, 0.15) is 0 Å². The number of halogens is 3. The molecule has 2 atom stereocenters. The summed E-state index contributed by atoms with van der Waals surface area (Å²) in [5, 5.41) is 47.5. The molecule has 11 nitrogen and oxygen atoms in total. The zero-order valence-corrected chi connectivity index (χ0v) is 23.4. The number of amides is 3. The number of carbonyl (C=O) groups excluding carboxylic acids is 3. The van der Waals surface area contributed by atoms with Crippen molar-refractivity contribution in [2.75, 3.05) is 44.4 Å². The second-order valence-corrected chi connectivity index (χ2v) is 9.92. The Morgan fingerprint density at radius 3 is 1.84 bits per heavy atom. The molecule has 0 radical (unpaired) electrons. The molecule has 0 aliphatic rings. The number of rotatable bonds is 11. The van der Waals surface area contributed by atoms with Crippen LogP contribution in [-0.4, -0.2) is 99.8 Å². The standard InChI is InChI=1S/C18H24I3N3O8/c1-8(28)24(5-10(30)7-27)16-14(20)11(17(22)31)13(19)12(15(16)21)18(32)23(2-3-25)4-9(29)6-26/h9-10,25-27,29-30H,2-7H2,1H3,(H2,22,31). The molecule has 1 aromatic carbocycles. The fourth-order valence-corrected chi connectivity index (χ4v) is 7.55. The van der Waals surface area contributed by atoms with Crippen LogP contribution in [0.15, 0.2) is 0 Å². The van der Waals surface area contributed by atoms with Crippen LogP contribution in [0.2, 0.25) is 0 Å². The van der Waals surface area contributed by atoms with Gasteiger partial charge in [0.2, 0.25) is 5.91 Å². The number of nitrogens with two attached hydrogens (primary N) is 1. The highest BCUT2D eigenvalue weighted by Crippen LogP contribution is 2.38. The van der Waals surface area contributed by atoms with Gasteiger partial charge >= 0.3 is 0 Å². The predicted molar refractivity (Wildman–Crippen MR) is 140 cm³/mol. The van der Waals surface area contributed by atoms with Crippen molar-refractivity contribution < 1.29 is 39.9 Å². The maximum Gasteiger partial charge on any atom is 0.256 e. The van der Waals surface area contributed by atoms with Crippen LogP contribution < -0.4 is 10.6 Å². The van der Waals surface area contributed by atoms with Gasteiger partial charge in [0.25, 0.3) is 11.8 Å². The number of hydrogen-bond acceptors (Lipinski definition) is 8. The van der Waals surface area contributed by atoms with E-state index in [1.54, 1.807) is 22.6 Å². The van der Waals surface area contributed by atoms with Gasteiger partial charge in [0.05, 0.1) is 62.5 Å². The minimum atomic E-state index is -1.27. The first kappa shape index (κ1) is 29.7. The van der Waals surface area contributed by atoms with Crippen LogP contribution in [0.3, 0.4) is 0 Å². The summed E-state index contributed by atoms with van der Waals surface area (Å²) in [7, 11) is 0. The maximum atomic E-state index is 13.4. The number of benzene rings is 1. The smallest absolute Gasteiger partial charge is 0.256 e. The molecule has 32 heavy (non-hydrogen) atoms. The van der Waals surface area contributed by atoms with E-state index in [0.717, 1.165) is 9.80 Å². The summed E-state index contributed by atoms with van der Waals surface area (Å²) in [5.41, 5.74) is 5.72. The Morgan fingerprint density at radius 1 is 0.906 bits per heavy atom. The summed E-state index contributed by atoms with van der Waals surface area (Å²) >= 11 is 5.46. The molecule has 0 fully saturated rings. The van der Waals surface area contributed by atoms with Gasteiger partial charge in [-0.3, -0.25) is 14.4 Å². The highest BCUT2D eigenvalue weighted by molar-refractivity contribution is 14.1. The zero-order chi connectivity index (χ0) is 24.7. The molecule has 0 aliphatic heterocycles. The fraction of sp³-hybridized carbons (Fsp3) is 0.500. The Bertz CT molecular complexity index is 871. The first-order valence-electron chi connectivity index (χ1n) is 9.19. The summed E-state index contributed by atoms with van der Waals surface area (Å²) in [4.78, 5) is 40.3. The highest BCUT2D eigenvalue weighted by atomic mass is 127. The van der Waals surface area contributed by atoms with E-state index in [1.807, 2.05) is 45.2 Å². The van der Waals surface area contributed by atoms with Gasteiger partial charge in [-0.2, -0.15) is 0 Å². The number of nitrogens with zero attached hydrogens (tertiary/aromatic N) is 2. The van der Waals surface area contributed by atoms with Crippen LogP contribution in [0.4, 0.5) is 5.69 Å². The number of primary amides is 1. The average molecular weight is 791 g/mol. The first-order valence-corrected chi connectivity index (χ1v) is 12.4. The minimum Gasteiger partial charge on any atom is -0.395 e. The molecule has 1 aromatic rings. The largest absolute Gasteiger partial charge is 0.395 e. The maximum absolute atomic E-state index is 13.4. The molecule has 0 aliphatic carbocycles. The molecule has 0 heterocycles. The Labute approximate surface area is 225 Å². The molecule has 180 valence electrons. The molecule has 0 spiro atoms. The van der Waals surface area contributed by atoms with E-state index in [2.05, 4.69) is 0 Å². The van der Waals surface area contributed by atoms with Crippen LogP contribution in [-0.2, 0) is 4.79 Å². The third-order valence-electron chi connectivity index (χ3n) is 4.31. The lowest BCUT2D eigenvalue weighted by Gasteiger charge is -2.30. The number of carbonyl (C=O) groups is 3. The van der Waals surface area contributed by atoms with E-state index in [1.165, 1.54) is 6.92 Å². The van der Waals surface area contributed by atoms with Crippen molar-refractivity contribution in [3.05, 3.63) is 21.8 Å². The Balaban J connectivity index is 3.84. The molecule has 0 saturated carbocycles. The molecule has 2 unspecified atom stereocenters. The number of hydrogen-bond donors (Lipinski definition) is 6. The van der Waals surface area contributed by atoms with Gasteiger partial charge in [-0.05, 0) is 67.8 Å². The third kappa shape index (κ3) is 7.06. The Kier molecular flexibility index (Phi) is 12.5. The van der Waals surface area contributed by atoms with Crippen LogP contribution in [0.1, 0.15) is 27.6 Å². The molecule has 0 bridgehead atoms. The average Bonchev–Trinajstić information content (AvgIpc) is 2.71. The van der Waals surface area contributed by atoms with E-state index in [0.29, 0.717) is 0 Å². The molecular weight excluding hydrogens is 767 g/mol. The van der Waals surface area contributed by atoms with Gasteiger partial charge in [-0.15, -0.1) is 0 Å². The number of anilines is 1. The summed E-state index contributed by atoms with van der Waals surface area (Å²) in [5.74, 6) is -2.02. The molecule has 7 N–H and O–H groups in total. The van der Waals surface area contributed by atoms with Crippen LogP contribution in [0.25, 0.3) is 0 Å². The second kappa shape index (κ2) is 13.5. The van der Waals surface area contributed by atoms with Gasteiger partial charge in [-0.1, -0.05) is 0 Å². The number of aliphatic hydroxyl groups excluding tert-OH is 5. The lowest BCUT2D eigenvalue weighted by atomic mass is 10.1. The summed E-state index contributed by atoms with van der Waals surface area (Å²) < 4.78 is 0.767. The molecule has 14 heteroatoms. The van der Waals surface area contributed by atoms with Crippen molar-refractivity contribution >= 4 is 91.2 Å². The molecule has 1 rings (SSSR count). The molecule has 3 amide bonds. The molecule has 0 saturated heterocycles. The first-order chi connectivity index (χ1) is 14.9. The van der Waals surface area contributed by atoms with Crippen molar-refractivity contribution in [1.82, 2.24) is 4.90 Å². The topological polar surface area (TPSA) is 185 Å². The highest BCUT2D eigenvalue weighted by Gasteiger charge is 2.33. The zero-order valence-electron chi connectivity index (χ0n) is 17.0. The van der Waals surface area contributed by atoms with Crippen molar-refractivity contribution in [3.8, 4) is 0 Å². The quantitative estimate of drug-likeness (QED) is 0.156. The van der Waals surface area contributed by atoms with E-state index in [-0.39, 0.29) is 47.2 Å². The van der Waals surface area contributed by atoms with Crippen LogP contribution in [0, 0.1) is 10.7 Å². The van der Waals surface area contributed by atoms with Crippen molar-refractivity contribution in [1.29, 1.82) is 0 Å². The SMILES string of the molecule is CC(=O)N(CC(O)CO)c1c(I)c(C(N)=O)c(I)c(C(=O)N(CCO)CC(O)CO)c1I. The second-order valence-electron chi connectivity index (χ2n) is 6.68. The molecule has 0 aromatic heterocycles. The van der Waals surface area contributed by atoms with E-state index in [4.69, 9.17) is 10.8 Å². The predicted octanol–water partition coefficient (Wildman–Crippen LogP) is -0.907. The Hall–Kier alpha value is -0.380. The van der Waals surface area contributed by atoms with Gasteiger partial charge in [0.15, 0.2) is 0 Å². The Morgan fingerprint density at radius 2 is 1.41 bits per heavy atom. The van der Waals surface area contributed by atoms with Gasteiger partial charge in [0, 0.05) is 23.6 Å². The van der Waals surface area contributed by atoms with Gasteiger partial charge < -0.3 is 41.1 Å². The van der Waals surface area contributed by atoms with E-state index < -0.39 is 49.8 Å². The lowest BCUT2D eigenvalue weighted by molar-refractivity contribution is -0.117. The third-order valence-corrected chi connectivity index (χ3v) is 7.49. The normalized spacial score (nSPS) is 12.9.